The number of aliphatic hydroxyl groups excluding tert-OH is 1. The molecule has 7 aromatic heterocycles. The normalized spacial score (nSPS) is 23.5. The van der Waals surface area contributed by atoms with Gasteiger partial charge in [-0.15, -0.1) is 56.7 Å². The molecule has 1 aromatic carbocycles. The summed E-state index contributed by atoms with van der Waals surface area (Å²) in [6.07, 6.45) is -7.57. The number of aromatic nitrogens is 7. The summed E-state index contributed by atoms with van der Waals surface area (Å²) in [5.41, 5.74) is 3.08. The van der Waals surface area contributed by atoms with Gasteiger partial charge in [0.2, 0.25) is 11.8 Å². The summed E-state index contributed by atoms with van der Waals surface area (Å²) >= 11 is 4.54. The van der Waals surface area contributed by atoms with Crippen molar-refractivity contribution in [1.29, 1.82) is 0 Å². The van der Waals surface area contributed by atoms with Crippen LogP contribution < -0.4 is 32.3 Å². The Hall–Kier alpha value is -9.36. The number of likely N-dealkylation sites (N-methyl/N-ethyl adjacent to an activating group) is 3. The van der Waals surface area contributed by atoms with Crippen molar-refractivity contribution >= 4 is 121 Å². The largest absolute Gasteiger partial charge is 0.506 e. The van der Waals surface area contributed by atoms with Gasteiger partial charge < -0.3 is 96.0 Å². The van der Waals surface area contributed by atoms with Gasteiger partial charge in [0.05, 0.1) is 43.1 Å². The number of rotatable bonds is 16. The molecule has 39 heteroatoms. The first kappa shape index (κ1) is 77.3. The third-order valence-electron chi connectivity index (χ3n) is 18.6. The van der Waals surface area contributed by atoms with Gasteiger partial charge in [-0.25, -0.2) is 39.5 Å². The molecule has 4 aliphatic rings. The van der Waals surface area contributed by atoms with E-state index >= 15 is 19.2 Å². The zero-order valence-corrected chi connectivity index (χ0v) is 63.5. The zero-order chi connectivity index (χ0) is 76.6. The van der Waals surface area contributed by atoms with Crippen molar-refractivity contribution in [3.05, 3.63) is 112 Å². The highest BCUT2D eigenvalue weighted by Crippen LogP contribution is 2.43. The molecule has 8 aromatic rings. The van der Waals surface area contributed by atoms with E-state index in [1.807, 2.05) is 18.7 Å². The molecule has 0 aliphatic carbocycles. The lowest BCUT2D eigenvalue weighted by Crippen LogP contribution is -2.62. The third kappa shape index (κ3) is 16.3. The van der Waals surface area contributed by atoms with Crippen LogP contribution in [0.25, 0.3) is 49.3 Å². The fourth-order valence-electron chi connectivity index (χ4n) is 13.2. The van der Waals surface area contributed by atoms with Gasteiger partial charge in [0.1, 0.15) is 126 Å². The Kier molecular flexibility index (Phi) is 23.3. The molecule has 6 amide bonds. The standard InChI is InChI=1S/C68H78N16O18S5/c1-11-83(12-2)17-16-82(9)20-35(55(69)87)70-56(88)38-26-106-64(75-38)49-43(86)18-33-48(77-49)37-24-104-62(72-37)36-23-100-66(93)51-34-22-98-52(53(102-44-19-68(6,95)54(81(7)8)31(5)101-44)67(94)99-21-32-14-13-15-42(45(32)34)84(51)96)50(65-76-39(27-107-65)57(89)71-36)80-59(91)41-28-105-63(74-41)47(30(4)97-10)79-60(92)46(29(3)85)78-58(90)40-25-103-61(33)73-40/h13-15,18,24-29,31,35-36,44,46,50,52-54,85-86,95-96H,11-12,16-17,19-23H2,1-10H3,(H2,69,87)(H,70,88)(H,71,89)(H,78,90)(H,79,92)(H,80,91)/t29?,31-,35?,36?,44-,46?,50?,52?,53?,54+,68-/m0/s1. The third-order valence-corrected chi connectivity index (χ3v) is 23.1. The number of aliphatic hydroxyl groups is 2. The van der Waals surface area contributed by atoms with E-state index in [1.165, 1.54) is 60.0 Å². The molecule has 4 aliphatic heterocycles. The number of ether oxygens (including phenoxy) is 6. The van der Waals surface area contributed by atoms with Crippen molar-refractivity contribution in [2.75, 3.05) is 67.6 Å². The second kappa shape index (κ2) is 32.2. The van der Waals surface area contributed by atoms with Crippen LogP contribution in [0, 0.1) is 0 Å². The molecule has 1 saturated heterocycles. The number of thiazole rings is 5. The van der Waals surface area contributed by atoms with E-state index in [-0.39, 0.29) is 111 Å². The first-order valence-electron chi connectivity index (χ1n) is 33.7. The molecule has 34 nitrogen and oxygen atoms in total. The van der Waals surface area contributed by atoms with Crippen LogP contribution in [0.3, 0.4) is 0 Å². The van der Waals surface area contributed by atoms with Gasteiger partial charge in [-0.2, -0.15) is 4.73 Å². The van der Waals surface area contributed by atoms with Gasteiger partial charge in [-0.3, -0.25) is 28.8 Å². The molecule has 107 heavy (non-hydrogen) atoms. The molecule has 0 saturated carbocycles. The highest BCUT2D eigenvalue weighted by atomic mass is 32.1. The number of fused-ring (bicyclic) bond motifs is 15. The molecule has 11 atom stereocenters. The molecule has 0 radical (unpaired) electrons. The van der Waals surface area contributed by atoms with Crippen molar-refractivity contribution in [3.63, 3.8) is 0 Å². The van der Waals surface area contributed by atoms with Crippen LogP contribution in [-0.2, 0) is 56.0 Å². The van der Waals surface area contributed by atoms with Crippen LogP contribution >= 0.6 is 56.7 Å². The molecular weight excluding hydrogens is 1490 g/mol. The SMILES string of the molecule is CCN(CC)CCN(C)CC(NC(=O)c1csc(-c2nc3c(cc2O)-c2nc(cs2)C(=O)NC(C(C)O)C(=O)NC(=C(C)OC)c2nc(cs2)C(=O)NC2c4nc(cs4)C(=O)NC(COC(=O)c4c5c6c(cccc6n4O)COC(=O)C(O[C@H]4C[C@](C)(O)[C@H](N(C)C)[C@H](C)O4)C2OC5)c2nc-3cs2)n1)C(N)=O. The number of nitrogens with one attached hydrogen (secondary N) is 5. The number of hydrogen-bond acceptors (Lipinski definition) is 32. The predicted octanol–water partition coefficient (Wildman–Crippen LogP) is 4.02. The molecule has 568 valence electrons. The number of methoxy groups -OCH3 is 1. The summed E-state index contributed by atoms with van der Waals surface area (Å²) in [5, 5.41) is 68.5. The molecule has 7 unspecified atom stereocenters. The van der Waals surface area contributed by atoms with Crippen molar-refractivity contribution in [1.82, 2.24) is 75.9 Å². The second-order valence-electron chi connectivity index (χ2n) is 26.2. The number of primary amides is 1. The average Bonchev–Trinajstić information content (AvgIpc) is 1.62. The first-order valence-corrected chi connectivity index (χ1v) is 38.1. The van der Waals surface area contributed by atoms with E-state index in [9.17, 15) is 39.7 Å². The lowest BCUT2D eigenvalue weighted by molar-refractivity contribution is -0.280. The molecule has 11 heterocycles. The van der Waals surface area contributed by atoms with Crippen LogP contribution in [0.5, 0.6) is 5.75 Å². The summed E-state index contributed by atoms with van der Waals surface area (Å²) in [6.45, 7) is 11.4. The number of allylic oxidation sites excluding steroid dienone is 1. The van der Waals surface area contributed by atoms with Crippen molar-refractivity contribution in [2.24, 2.45) is 5.73 Å². The Bertz CT molecular complexity index is 4770. The average molecular weight is 1570 g/mol. The molecule has 12 bridgehead atoms. The number of benzene rings is 1. The van der Waals surface area contributed by atoms with E-state index in [0.717, 1.165) is 69.8 Å². The number of cyclic esters (lactones) is 2. The fourth-order valence-corrected chi connectivity index (χ4v) is 17.3. The maximum absolute atomic E-state index is 15.2. The number of hydrogen-bond donors (Lipinski definition) is 10. The van der Waals surface area contributed by atoms with Gasteiger partial charge in [-0.1, -0.05) is 26.0 Å². The van der Waals surface area contributed by atoms with E-state index in [0.29, 0.717) is 23.4 Å². The number of esters is 2. The molecule has 1 fully saturated rings. The van der Waals surface area contributed by atoms with Gasteiger partial charge >= 0.3 is 11.9 Å². The van der Waals surface area contributed by atoms with Crippen molar-refractivity contribution in [2.45, 2.75) is 128 Å². The number of nitrogens with two attached hydrogens (primary N) is 1. The van der Waals surface area contributed by atoms with Crippen molar-refractivity contribution in [3.8, 4) is 38.4 Å². The number of nitrogens with zero attached hydrogens (tertiary/aromatic N) is 10. The first-order chi connectivity index (χ1) is 51.0. The maximum atomic E-state index is 15.2. The lowest BCUT2D eigenvalue weighted by Gasteiger charge is -2.48. The van der Waals surface area contributed by atoms with E-state index in [2.05, 4.69) is 46.4 Å². The Morgan fingerprint density at radius 2 is 1.50 bits per heavy atom. The summed E-state index contributed by atoms with van der Waals surface area (Å²) in [4.78, 5) is 151. The highest BCUT2D eigenvalue weighted by molar-refractivity contribution is 7.14. The lowest BCUT2D eigenvalue weighted by atomic mass is 9.85. The van der Waals surface area contributed by atoms with Gasteiger partial charge in [0.25, 0.3) is 23.6 Å². The van der Waals surface area contributed by atoms with Crippen LogP contribution in [0.4, 0.5) is 0 Å². The van der Waals surface area contributed by atoms with E-state index in [1.54, 1.807) is 52.0 Å². The Morgan fingerprint density at radius 3 is 2.20 bits per heavy atom. The number of carbonyl (C=O) groups is 8. The quantitative estimate of drug-likeness (QED) is 0.0371. The van der Waals surface area contributed by atoms with E-state index in [4.69, 9.17) is 49.1 Å². The van der Waals surface area contributed by atoms with Gasteiger partial charge in [-0.05, 0) is 79.6 Å². The summed E-state index contributed by atoms with van der Waals surface area (Å²) in [7, 11) is 6.65. The highest BCUT2D eigenvalue weighted by Gasteiger charge is 2.50. The number of carbonyl (C=O) groups excluding carboxylic acids is 8. The number of amides is 6. The van der Waals surface area contributed by atoms with Gasteiger partial charge in [0, 0.05) is 69.5 Å². The monoisotopic (exact) mass is 1570 g/mol. The number of aromatic hydroxyl groups is 1. The minimum Gasteiger partial charge on any atom is -0.506 e. The molecular formula is C68H78N16O18S5. The number of pyridine rings is 1. The summed E-state index contributed by atoms with van der Waals surface area (Å²) in [5.74, 6) is -7.91. The molecule has 12 rings (SSSR count). The molecule has 0 spiro atoms. The van der Waals surface area contributed by atoms with Crippen LogP contribution in [-0.4, -0.2) is 239 Å². The topological polar surface area (TPSA) is 451 Å². The van der Waals surface area contributed by atoms with Crippen LogP contribution in [0.15, 0.2) is 56.9 Å². The maximum Gasteiger partial charge on any atom is 0.358 e. The van der Waals surface area contributed by atoms with Crippen LogP contribution in [0.2, 0.25) is 0 Å². The smallest absolute Gasteiger partial charge is 0.358 e. The van der Waals surface area contributed by atoms with E-state index < -0.39 is 145 Å². The van der Waals surface area contributed by atoms with Crippen molar-refractivity contribution < 1.29 is 87.3 Å². The van der Waals surface area contributed by atoms with Crippen LogP contribution in [0.1, 0.15) is 139 Å². The van der Waals surface area contributed by atoms with Gasteiger partial charge in [0.15, 0.2) is 18.1 Å². The Labute approximate surface area is 631 Å². The predicted molar refractivity (Wildman–Crippen MR) is 390 cm³/mol. The minimum absolute atomic E-state index is 0.0123. The Morgan fingerprint density at radius 1 is 0.832 bits per heavy atom. The molecule has 11 N–H and O–H groups in total. The zero-order valence-electron chi connectivity index (χ0n) is 59.4. The summed E-state index contributed by atoms with van der Waals surface area (Å²) < 4.78 is 38.4. The summed E-state index contributed by atoms with van der Waals surface area (Å²) in [6, 6.07) is -0.455. The second-order valence-corrected chi connectivity index (χ2v) is 30.6. The Balaban J connectivity index is 1.00. The minimum atomic E-state index is -1.92. The fraction of sp³-hybridized carbons (Fsp3) is 0.441.